The summed E-state index contributed by atoms with van der Waals surface area (Å²) < 4.78 is 28.1. The zero-order valence-corrected chi connectivity index (χ0v) is 13.1. The standard InChI is InChI=1S/C13H23N3O3S/c1-13(2,17)11-15-6-8-16(9-7-15)20(18,19)12-4-5-14(3)10-12/h4-5,10,17H,6-9,11H2,1-3H3. The molecule has 20 heavy (non-hydrogen) atoms. The highest BCUT2D eigenvalue weighted by molar-refractivity contribution is 7.89. The van der Waals surface area contributed by atoms with Gasteiger partial charge in [0.05, 0.1) is 10.5 Å². The van der Waals surface area contributed by atoms with Crippen molar-refractivity contribution in [3.8, 4) is 0 Å². The van der Waals surface area contributed by atoms with Crippen molar-refractivity contribution in [1.82, 2.24) is 13.8 Å². The molecule has 1 aliphatic rings. The maximum atomic E-state index is 12.4. The summed E-state index contributed by atoms with van der Waals surface area (Å²) in [6.07, 6.45) is 3.36. The summed E-state index contributed by atoms with van der Waals surface area (Å²) >= 11 is 0. The highest BCUT2D eigenvalue weighted by Gasteiger charge is 2.30. The summed E-state index contributed by atoms with van der Waals surface area (Å²) in [6.45, 7) is 6.32. The molecule has 0 radical (unpaired) electrons. The van der Waals surface area contributed by atoms with Gasteiger partial charge in [0.1, 0.15) is 0 Å². The van der Waals surface area contributed by atoms with Gasteiger partial charge in [0.2, 0.25) is 10.0 Å². The molecule has 2 heterocycles. The molecule has 0 unspecified atom stereocenters. The summed E-state index contributed by atoms with van der Waals surface area (Å²) in [5.74, 6) is 0. The van der Waals surface area contributed by atoms with E-state index in [1.54, 1.807) is 43.9 Å². The molecule has 1 aromatic rings. The van der Waals surface area contributed by atoms with E-state index in [1.807, 2.05) is 0 Å². The molecule has 0 aromatic carbocycles. The Morgan fingerprint density at radius 3 is 2.30 bits per heavy atom. The Balaban J connectivity index is 2.00. The fourth-order valence-electron chi connectivity index (χ4n) is 2.45. The van der Waals surface area contributed by atoms with Crippen LogP contribution >= 0.6 is 0 Å². The first kappa shape index (κ1) is 15.5. The predicted octanol–water partition coefficient (Wildman–Crippen LogP) is 0.102. The van der Waals surface area contributed by atoms with Crippen LogP contribution in [-0.2, 0) is 17.1 Å². The number of aliphatic hydroxyl groups is 1. The zero-order chi connectivity index (χ0) is 15.0. The van der Waals surface area contributed by atoms with Crippen molar-refractivity contribution in [3.63, 3.8) is 0 Å². The molecule has 7 heteroatoms. The number of nitrogens with zero attached hydrogens (tertiary/aromatic N) is 3. The third kappa shape index (κ3) is 3.60. The molecule has 114 valence electrons. The van der Waals surface area contributed by atoms with Crippen molar-refractivity contribution in [2.24, 2.45) is 7.05 Å². The molecule has 1 N–H and O–H groups in total. The number of piperazine rings is 1. The SMILES string of the molecule is Cn1ccc(S(=O)(=O)N2CCN(CC(C)(C)O)CC2)c1. The first-order valence-corrected chi connectivity index (χ1v) is 8.19. The third-order valence-electron chi connectivity index (χ3n) is 3.38. The molecule has 6 nitrogen and oxygen atoms in total. The molecule has 1 aromatic heterocycles. The Labute approximate surface area is 120 Å². The Hall–Kier alpha value is -0.890. The summed E-state index contributed by atoms with van der Waals surface area (Å²) in [6, 6.07) is 1.62. The molecule has 2 rings (SSSR count). The summed E-state index contributed by atoms with van der Waals surface area (Å²) in [4.78, 5) is 2.44. The van der Waals surface area contributed by atoms with Gasteiger partial charge in [-0.3, -0.25) is 4.90 Å². The second-order valence-electron chi connectivity index (χ2n) is 6.01. The van der Waals surface area contributed by atoms with Gasteiger partial charge < -0.3 is 9.67 Å². The minimum atomic E-state index is -3.38. The lowest BCUT2D eigenvalue weighted by Gasteiger charge is -2.36. The van der Waals surface area contributed by atoms with Gasteiger partial charge in [-0.25, -0.2) is 8.42 Å². The van der Waals surface area contributed by atoms with Crippen LogP contribution in [0.3, 0.4) is 0 Å². The second kappa shape index (κ2) is 5.48. The van der Waals surface area contributed by atoms with Gasteiger partial charge in [-0.2, -0.15) is 4.31 Å². The Morgan fingerprint density at radius 1 is 1.25 bits per heavy atom. The molecule has 1 saturated heterocycles. The molecule has 0 atom stereocenters. The van der Waals surface area contributed by atoms with Crippen molar-refractivity contribution in [2.45, 2.75) is 24.3 Å². The fourth-order valence-corrected chi connectivity index (χ4v) is 3.93. The van der Waals surface area contributed by atoms with E-state index >= 15 is 0 Å². The lowest BCUT2D eigenvalue weighted by Crippen LogP contribution is -2.51. The largest absolute Gasteiger partial charge is 0.389 e. The van der Waals surface area contributed by atoms with E-state index in [-0.39, 0.29) is 0 Å². The van der Waals surface area contributed by atoms with E-state index in [9.17, 15) is 13.5 Å². The van der Waals surface area contributed by atoms with Crippen molar-refractivity contribution >= 4 is 10.0 Å². The van der Waals surface area contributed by atoms with Crippen LogP contribution in [0.4, 0.5) is 0 Å². The van der Waals surface area contributed by atoms with E-state index in [2.05, 4.69) is 4.90 Å². The predicted molar refractivity (Wildman–Crippen MR) is 76.9 cm³/mol. The Kier molecular flexibility index (Phi) is 4.24. The number of β-amino-alcohol motifs (C(OH)–C–C–N with tert-alkyl or cyclic N) is 1. The van der Waals surface area contributed by atoms with Gasteiger partial charge in [-0.05, 0) is 19.9 Å². The summed E-state index contributed by atoms with van der Waals surface area (Å²) in [5, 5.41) is 9.80. The minimum Gasteiger partial charge on any atom is -0.389 e. The van der Waals surface area contributed by atoms with Crippen LogP contribution in [0.15, 0.2) is 23.4 Å². The van der Waals surface area contributed by atoms with Crippen LogP contribution < -0.4 is 0 Å². The highest BCUT2D eigenvalue weighted by atomic mass is 32.2. The zero-order valence-electron chi connectivity index (χ0n) is 12.3. The van der Waals surface area contributed by atoms with Gasteiger partial charge in [0.15, 0.2) is 0 Å². The number of rotatable bonds is 4. The highest BCUT2D eigenvalue weighted by Crippen LogP contribution is 2.18. The van der Waals surface area contributed by atoms with E-state index in [4.69, 9.17) is 0 Å². The topological polar surface area (TPSA) is 65.8 Å². The number of aromatic nitrogens is 1. The van der Waals surface area contributed by atoms with Crippen LogP contribution in [0.1, 0.15) is 13.8 Å². The van der Waals surface area contributed by atoms with Gasteiger partial charge in [-0.15, -0.1) is 0 Å². The number of hydrogen-bond donors (Lipinski definition) is 1. The first-order valence-electron chi connectivity index (χ1n) is 6.75. The van der Waals surface area contributed by atoms with Crippen LogP contribution in [-0.4, -0.2) is 65.6 Å². The first-order chi connectivity index (χ1) is 9.18. The molecule has 0 bridgehead atoms. The van der Waals surface area contributed by atoms with Crippen molar-refractivity contribution < 1.29 is 13.5 Å². The van der Waals surface area contributed by atoms with Gasteiger partial charge >= 0.3 is 0 Å². The lowest BCUT2D eigenvalue weighted by molar-refractivity contribution is 0.0263. The number of aryl methyl sites for hydroxylation is 1. The molecule has 1 fully saturated rings. The van der Waals surface area contributed by atoms with E-state index < -0.39 is 15.6 Å². The van der Waals surface area contributed by atoms with Crippen molar-refractivity contribution in [2.75, 3.05) is 32.7 Å². The molecule has 0 amide bonds. The monoisotopic (exact) mass is 301 g/mol. The molecule has 0 aliphatic carbocycles. The molecular weight excluding hydrogens is 278 g/mol. The Morgan fingerprint density at radius 2 is 1.85 bits per heavy atom. The van der Waals surface area contributed by atoms with Crippen LogP contribution in [0.2, 0.25) is 0 Å². The van der Waals surface area contributed by atoms with Gasteiger partial charge in [-0.1, -0.05) is 0 Å². The van der Waals surface area contributed by atoms with E-state index in [0.29, 0.717) is 37.6 Å². The quantitative estimate of drug-likeness (QED) is 0.857. The smallest absolute Gasteiger partial charge is 0.244 e. The van der Waals surface area contributed by atoms with E-state index in [1.165, 1.54) is 4.31 Å². The number of sulfonamides is 1. The maximum absolute atomic E-state index is 12.4. The van der Waals surface area contributed by atoms with Crippen LogP contribution in [0.5, 0.6) is 0 Å². The average molecular weight is 301 g/mol. The third-order valence-corrected chi connectivity index (χ3v) is 5.27. The number of hydrogen-bond acceptors (Lipinski definition) is 4. The Bertz CT molecular complexity index is 552. The molecular formula is C13H23N3O3S. The fraction of sp³-hybridized carbons (Fsp3) is 0.692. The van der Waals surface area contributed by atoms with Crippen LogP contribution in [0, 0.1) is 0 Å². The van der Waals surface area contributed by atoms with E-state index in [0.717, 1.165) is 0 Å². The lowest BCUT2D eigenvalue weighted by atomic mass is 10.1. The molecule has 0 saturated carbocycles. The summed E-state index contributed by atoms with van der Waals surface area (Å²) in [5.41, 5.74) is -0.750. The average Bonchev–Trinajstić information content (AvgIpc) is 2.75. The van der Waals surface area contributed by atoms with Gasteiger partial charge in [0, 0.05) is 52.2 Å². The molecule has 0 spiro atoms. The van der Waals surface area contributed by atoms with Crippen LogP contribution in [0.25, 0.3) is 0 Å². The normalized spacial score (nSPS) is 19.4. The van der Waals surface area contributed by atoms with Gasteiger partial charge in [0.25, 0.3) is 0 Å². The minimum absolute atomic E-state index is 0.343. The maximum Gasteiger partial charge on any atom is 0.244 e. The molecule has 1 aliphatic heterocycles. The summed E-state index contributed by atoms with van der Waals surface area (Å²) in [7, 11) is -1.58. The van der Waals surface area contributed by atoms with Crippen molar-refractivity contribution in [3.05, 3.63) is 18.5 Å². The van der Waals surface area contributed by atoms with Crippen molar-refractivity contribution in [1.29, 1.82) is 0 Å². The second-order valence-corrected chi connectivity index (χ2v) is 7.94.